The number of carbonyl (C=O) groups excluding carboxylic acids is 1. The van der Waals surface area contributed by atoms with Crippen molar-refractivity contribution < 1.29 is 9.90 Å². The van der Waals surface area contributed by atoms with Crippen LogP contribution in [0.2, 0.25) is 0 Å². The van der Waals surface area contributed by atoms with Crippen LogP contribution in [0.4, 0.5) is 0 Å². The number of unbranched alkanes of at least 4 members (excludes halogenated alkanes) is 1. The number of benzene rings is 1. The Morgan fingerprint density at radius 2 is 2.06 bits per heavy atom. The molecular formula is C30H37N3O3. The highest BCUT2D eigenvalue weighted by atomic mass is 16.3. The number of amides is 1. The van der Waals surface area contributed by atoms with E-state index in [9.17, 15) is 14.7 Å². The largest absolute Gasteiger partial charge is 0.508 e. The van der Waals surface area contributed by atoms with Gasteiger partial charge in [0.05, 0.1) is 0 Å². The highest BCUT2D eigenvalue weighted by molar-refractivity contribution is 5.93. The number of fused-ring (bicyclic) bond motifs is 1. The lowest BCUT2D eigenvalue weighted by molar-refractivity contribution is -0.101. The van der Waals surface area contributed by atoms with Crippen molar-refractivity contribution >= 4 is 5.91 Å². The fourth-order valence-electron chi connectivity index (χ4n) is 9.88. The SMILES string of the molecule is CCCCN1CCC23c4cc(O)ccc4CC1C21CCC2C3[C@@H](CN2C(=O)c2cccc(=O)n2C)C1. The van der Waals surface area contributed by atoms with Crippen molar-refractivity contribution in [2.24, 2.45) is 24.3 Å². The molecule has 4 bridgehead atoms. The number of piperidine rings is 1. The van der Waals surface area contributed by atoms with Gasteiger partial charge in [-0.3, -0.25) is 14.5 Å². The number of hydrogen-bond acceptors (Lipinski definition) is 4. The van der Waals surface area contributed by atoms with Crippen LogP contribution in [0.3, 0.4) is 0 Å². The topological polar surface area (TPSA) is 65.8 Å². The minimum absolute atomic E-state index is 0.00220. The van der Waals surface area contributed by atoms with Crippen LogP contribution in [0.1, 0.15) is 67.1 Å². The molecular weight excluding hydrogens is 450 g/mol. The zero-order valence-electron chi connectivity index (χ0n) is 21.4. The molecule has 1 amide bonds. The van der Waals surface area contributed by atoms with Crippen LogP contribution in [-0.2, 0) is 18.9 Å². The van der Waals surface area contributed by atoms with E-state index in [0.29, 0.717) is 29.3 Å². The van der Waals surface area contributed by atoms with Gasteiger partial charge in [0.2, 0.25) is 0 Å². The lowest BCUT2D eigenvalue weighted by atomic mass is 9.43. The predicted octanol–water partition coefficient (Wildman–Crippen LogP) is 3.70. The van der Waals surface area contributed by atoms with Crippen molar-refractivity contribution in [1.82, 2.24) is 14.4 Å². The smallest absolute Gasteiger partial charge is 0.270 e. The van der Waals surface area contributed by atoms with Gasteiger partial charge in [-0.05, 0) is 98.2 Å². The zero-order chi connectivity index (χ0) is 24.8. The third kappa shape index (κ3) is 2.66. The summed E-state index contributed by atoms with van der Waals surface area (Å²) in [7, 11) is 1.70. The van der Waals surface area contributed by atoms with E-state index in [0.717, 1.165) is 38.8 Å². The van der Waals surface area contributed by atoms with E-state index in [1.165, 1.54) is 47.6 Å². The fourth-order valence-corrected chi connectivity index (χ4v) is 9.88. The van der Waals surface area contributed by atoms with E-state index in [1.54, 1.807) is 19.2 Å². The van der Waals surface area contributed by atoms with Gasteiger partial charge in [0.25, 0.3) is 11.5 Å². The molecule has 3 aliphatic carbocycles. The molecule has 7 rings (SSSR count). The molecule has 190 valence electrons. The molecule has 3 heterocycles. The average Bonchev–Trinajstić information content (AvgIpc) is 3.31. The first kappa shape index (κ1) is 22.6. The van der Waals surface area contributed by atoms with Gasteiger partial charge < -0.3 is 14.6 Å². The molecule has 0 radical (unpaired) electrons. The Balaban J connectivity index is 1.34. The maximum Gasteiger partial charge on any atom is 0.270 e. The second-order valence-electron chi connectivity index (χ2n) is 12.2. The minimum Gasteiger partial charge on any atom is -0.508 e. The summed E-state index contributed by atoms with van der Waals surface area (Å²) in [4.78, 5) is 31.1. The van der Waals surface area contributed by atoms with Gasteiger partial charge in [0.15, 0.2) is 0 Å². The molecule has 2 saturated carbocycles. The Morgan fingerprint density at radius 1 is 1.19 bits per heavy atom. The van der Waals surface area contributed by atoms with Crippen molar-refractivity contribution in [2.75, 3.05) is 19.6 Å². The first-order valence-electron chi connectivity index (χ1n) is 13.9. The van der Waals surface area contributed by atoms with Crippen LogP contribution in [0.5, 0.6) is 5.75 Å². The van der Waals surface area contributed by atoms with Crippen LogP contribution < -0.4 is 5.56 Å². The predicted molar refractivity (Wildman–Crippen MR) is 138 cm³/mol. The molecule has 6 atom stereocenters. The first-order chi connectivity index (χ1) is 17.4. The molecule has 1 N–H and O–H groups in total. The normalized spacial score (nSPS) is 36.0. The number of phenolic OH excluding ortho intramolecular Hbond substituents is 1. The number of rotatable bonds is 4. The molecule has 4 fully saturated rings. The molecule has 0 spiro atoms. The van der Waals surface area contributed by atoms with Gasteiger partial charge >= 0.3 is 0 Å². The monoisotopic (exact) mass is 487 g/mol. The molecule has 6 nitrogen and oxygen atoms in total. The third-order valence-electron chi connectivity index (χ3n) is 11.0. The molecule has 1 aromatic heterocycles. The van der Waals surface area contributed by atoms with E-state index >= 15 is 0 Å². The maximum atomic E-state index is 13.9. The highest BCUT2D eigenvalue weighted by Crippen LogP contribution is 2.75. The Hall–Kier alpha value is -2.60. The van der Waals surface area contributed by atoms with Gasteiger partial charge in [-0.1, -0.05) is 25.5 Å². The Labute approximate surface area is 212 Å². The Bertz CT molecular complexity index is 1300. The molecule has 2 aliphatic heterocycles. The van der Waals surface area contributed by atoms with Crippen molar-refractivity contribution in [1.29, 1.82) is 0 Å². The first-order valence-corrected chi connectivity index (χ1v) is 13.9. The van der Waals surface area contributed by atoms with Crippen molar-refractivity contribution in [3.8, 4) is 5.75 Å². The van der Waals surface area contributed by atoms with Gasteiger partial charge in [0.1, 0.15) is 11.4 Å². The summed E-state index contributed by atoms with van der Waals surface area (Å²) in [6, 6.07) is 11.9. The zero-order valence-corrected chi connectivity index (χ0v) is 21.4. The molecule has 2 saturated heterocycles. The van der Waals surface area contributed by atoms with E-state index < -0.39 is 0 Å². The molecule has 1 aromatic carbocycles. The fraction of sp³-hybridized carbons (Fsp3) is 0.600. The molecule has 5 unspecified atom stereocenters. The number of nitrogens with zero attached hydrogens (tertiary/aromatic N) is 3. The Kier molecular flexibility index (Phi) is 4.83. The van der Waals surface area contributed by atoms with Crippen molar-refractivity contribution in [2.45, 2.75) is 69.4 Å². The summed E-state index contributed by atoms with van der Waals surface area (Å²) in [5, 5.41) is 10.6. The second kappa shape index (κ2) is 7.70. The van der Waals surface area contributed by atoms with E-state index in [2.05, 4.69) is 28.9 Å². The summed E-state index contributed by atoms with van der Waals surface area (Å²) >= 11 is 0. The number of carbonyl (C=O) groups is 1. The summed E-state index contributed by atoms with van der Waals surface area (Å²) < 4.78 is 1.50. The summed E-state index contributed by atoms with van der Waals surface area (Å²) in [6.45, 7) is 5.36. The average molecular weight is 488 g/mol. The van der Waals surface area contributed by atoms with Gasteiger partial charge in [-0.2, -0.15) is 0 Å². The van der Waals surface area contributed by atoms with Crippen molar-refractivity contribution in [3.05, 3.63) is 63.6 Å². The third-order valence-corrected chi connectivity index (χ3v) is 11.0. The van der Waals surface area contributed by atoms with Gasteiger partial charge in [-0.25, -0.2) is 0 Å². The molecule has 2 aromatic rings. The maximum absolute atomic E-state index is 13.9. The van der Waals surface area contributed by atoms with Gasteiger partial charge in [0, 0.05) is 37.2 Å². The summed E-state index contributed by atoms with van der Waals surface area (Å²) in [5.74, 6) is 1.27. The highest BCUT2D eigenvalue weighted by Gasteiger charge is 2.76. The van der Waals surface area contributed by atoms with Crippen molar-refractivity contribution in [3.63, 3.8) is 0 Å². The number of aromatic hydroxyl groups is 1. The number of likely N-dealkylation sites (tertiary alicyclic amines) is 2. The molecule has 6 heteroatoms. The lowest BCUT2D eigenvalue weighted by Crippen LogP contribution is -2.69. The van der Waals surface area contributed by atoms with Crippen LogP contribution in [0.15, 0.2) is 41.2 Å². The van der Waals surface area contributed by atoms with Crippen LogP contribution in [0.25, 0.3) is 0 Å². The van der Waals surface area contributed by atoms with Gasteiger partial charge in [-0.15, -0.1) is 0 Å². The van der Waals surface area contributed by atoms with Crippen LogP contribution in [0, 0.1) is 17.3 Å². The molecule has 5 aliphatic rings. The number of aromatic nitrogens is 1. The number of phenols is 1. The van der Waals surface area contributed by atoms with E-state index in [1.807, 2.05) is 6.07 Å². The summed E-state index contributed by atoms with van der Waals surface area (Å²) in [5.41, 5.74) is 3.41. The second-order valence-corrected chi connectivity index (χ2v) is 12.2. The van der Waals surface area contributed by atoms with E-state index in [-0.39, 0.29) is 28.3 Å². The number of pyridine rings is 1. The number of hydrogen-bond donors (Lipinski definition) is 1. The molecule has 36 heavy (non-hydrogen) atoms. The van der Waals surface area contributed by atoms with Crippen LogP contribution >= 0.6 is 0 Å². The van der Waals surface area contributed by atoms with E-state index in [4.69, 9.17) is 0 Å². The Morgan fingerprint density at radius 3 is 2.89 bits per heavy atom. The lowest BCUT2D eigenvalue weighted by Gasteiger charge is -2.66. The van der Waals surface area contributed by atoms with Crippen LogP contribution in [-0.4, -0.2) is 57.1 Å². The summed E-state index contributed by atoms with van der Waals surface area (Å²) in [6.07, 6.45) is 8.03. The quantitative estimate of drug-likeness (QED) is 0.714. The standard InChI is InChI=1S/C30H37N3O3/c1-3-4-13-32-14-12-30-22-16-21(34)9-8-19(22)15-25(32)29(30)11-10-23-27(30)20(17-29)18-33(23)28(36)24-6-5-7-26(35)31(24)2/h5-9,16,20,23,25,27,34H,3-4,10-15,17-18H2,1-2H3/t20-,23?,25?,27?,29?,30?/m1/s1. The minimum atomic E-state index is -0.138.